The smallest absolute Gasteiger partial charge is 0.159 e. The van der Waals surface area contributed by atoms with Crippen LogP contribution in [0.25, 0.3) is 22.3 Å². The van der Waals surface area contributed by atoms with Gasteiger partial charge >= 0.3 is 0 Å². The van der Waals surface area contributed by atoms with Crippen LogP contribution in [0.5, 0.6) is 0 Å². The molecule has 256 valence electrons. The lowest BCUT2D eigenvalue weighted by atomic mass is 10.00. The van der Waals surface area contributed by atoms with Gasteiger partial charge in [0, 0.05) is 30.9 Å². The number of para-hydroxylation sites is 3. The van der Waals surface area contributed by atoms with Gasteiger partial charge in [-0.2, -0.15) is 0 Å². The minimum Gasteiger partial charge on any atom is -0.349 e. The second-order valence-corrected chi connectivity index (χ2v) is 13.6. The van der Waals surface area contributed by atoms with Gasteiger partial charge in [0.2, 0.25) is 0 Å². The van der Waals surface area contributed by atoms with E-state index in [4.69, 9.17) is 9.98 Å². The molecule has 0 spiro atoms. The van der Waals surface area contributed by atoms with E-state index >= 15 is 0 Å². The average Bonchev–Trinajstić information content (AvgIpc) is 3.54. The largest absolute Gasteiger partial charge is 0.349 e. The fourth-order valence-corrected chi connectivity index (χ4v) is 7.60. The first-order valence-electron chi connectivity index (χ1n) is 18.1. The third-order valence-electron chi connectivity index (χ3n) is 10.4. The van der Waals surface area contributed by atoms with Gasteiger partial charge < -0.3 is 14.7 Å². The van der Waals surface area contributed by atoms with Gasteiger partial charge in [0.15, 0.2) is 5.84 Å². The molecule has 5 heteroatoms. The Morgan fingerprint density at radius 2 is 0.849 bits per heavy atom. The van der Waals surface area contributed by atoms with Crippen molar-refractivity contribution in [2.75, 3.05) is 23.9 Å². The summed E-state index contributed by atoms with van der Waals surface area (Å²) in [5.41, 5.74) is 12.7. The molecular formula is C48H39N5. The number of hydrogen-bond donors (Lipinski definition) is 0. The predicted octanol–water partition coefficient (Wildman–Crippen LogP) is 11.1. The Morgan fingerprint density at radius 1 is 0.396 bits per heavy atom. The summed E-state index contributed by atoms with van der Waals surface area (Å²) in [6.07, 6.45) is -0.168. The van der Waals surface area contributed by atoms with Gasteiger partial charge in [0.1, 0.15) is 18.2 Å². The van der Waals surface area contributed by atoms with E-state index < -0.39 is 0 Å². The van der Waals surface area contributed by atoms with Crippen molar-refractivity contribution in [3.8, 4) is 22.3 Å². The van der Waals surface area contributed by atoms with E-state index in [1.807, 2.05) is 24.3 Å². The molecule has 2 aliphatic heterocycles. The predicted molar refractivity (Wildman–Crippen MR) is 220 cm³/mol. The van der Waals surface area contributed by atoms with Crippen molar-refractivity contribution in [1.82, 2.24) is 4.90 Å². The van der Waals surface area contributed by atoms with Crippen LogP contribution in [-0.4, -0.2) is 30.7 Å². The van der Waals surface area contributed by atoms with Crippen LogP contribution in [0.15, 0.2) is 198 Å². The molecule has 5 nitrogen and oxygen atoms in total. The number of amidine groups is 2. The molecule has 0 amide bonds. The Kier molecular flexibility index (Phi) is 8.37. The van der Waals surface area contributed by atoms with Crippen molar-refractivity contribution in [3.63, 3.8) is 0 Å². The number of anilines is 3. The Morgan fingerprint density at radius 3 is 1.45 bits per heavy atom. The average molecular weight is 686 g/mol. The summed E-state index contributed by atoms with van der Waals surface area (Å²) in [6, 6.07) is 66.6. The molecule has 9 rings (SSSR count). The zero-order chi connectivity index (χ0) is 35.7. The highest BCUT2D eigenvalue weighted by atomic mass is 15.4. The second-order valence-electron chi connectivity index (χ2n) is 13.6. The van der Waals surface area contributed by atoms with Crippen molar-refractivity contribution in [1.29, 1.82) is 0 Å². The van der Waals surface area contributed by atoms with Gasteiger partial charge in [-0.05, 0) is 57.6 Å². The molecule has 53 heavy (non-hydrogen) atoms. The maximum absolute atomic E-state index is 5.18. The molecule has 2 heterocycles. The van der Waals surface area contributed by atoms with Crippen LogP contribution in [0.3, 0.4) is 0 Å². The molecule has 0 aromatic heterocycles. The zero-order valence-corrected chi connectivity index (χ0v) is 29.8. The SMILES string of the molecule is CN1C(c2ccc(-c3ccc(C4N(C)c5ccccc5N4c4ccccc4)cc3)cc2)=NC(c2ccccc2)=NC1c1ccc(-c2ccccc2)cc1. The lowest BCUT2D eigenvalue weighted by Gasteiger charge is -2.32. The highest BCUT2D eigenvalue weighted by molar-refractivity contribution is 6.13. The molecule has 0 saturated carbocycles. The molecular weight excluding hydrogens is 647 g/mol. The fourth-order valence-electron chi connectivity index (χ4n) is 7.60. The Balaban J connectivity index is 1.00. The number of benzene rings is 7. The molecule has 7 aromatic carbocycles. The van der Waals surface area contributed by atoms with E-state index in [2.05, 4.69) is 193 Å². The number of fused-ring (bicyclic) bond motifs is 1. The number of aliphatic imine (C=N–C) groups is 2. The van der Waals surface area contributed by atoms with Gasteiger partial charge in [-0.15, -0.1) is 0 Å². The van der Waals surface area contributed by atoms with Crippen molar-refractivity contribution >= 4 is 28.7 Å². The highest BCUT2D eigenvalue weighted by Crippen LogP contribution is 2.49. The summed E-state index contributed by atoms with van der Waals surface area (Å²) in [4.78, 5) is 17.3. The Labute approximate surface area is 311 Å². The molecule has 0 saturated heterocycles. The van der Waals surface area contributed by atoms with Crippen LogP contribution in [-0.2, 0) is 0 Å². The first-order valence-corrected chi connectivity index (χ1v) is 18.1. The summed E-state index contributed by atoms with van der Waals surface area (Å²) >= 11 is 0. The Hall–Kier alpha value is -6.72. The zero-order valence-electron chi connectivity index (χ0n) is 29.8. The van der Waals surface area contributed by atoms with E-state index in [1.54, 1.807) is 0 Å². The summed E-state index contributed by atoms with van der Waals surface area (Å²) in [6.45, 7) is 0. The first-order chi connectivity index (χ1) is 26.1. The van der Waals surface area contributed by atoms with E-state index in [-0.39, 0.29) is 12.3 Å². The number of nitrogens with zero attached hydrogens (tertiary/aromatic N) is 5. The quantitative estimate of drug-likeness (QED) is 0.167. The molecule has 0 aliphatic carbocycles. The summed E-state index contributed by atoms with van der Waals surface area (Å²) in [7, 11) is 4.27. The minimum atomic E-state index is -0.218. The minimum absolute atomic E-state index is 0.0500. The summed E-state index contributed by atoms with van der Waals surface area (Å²) < 4.78 is 0. The van der Waals surface area contributed by atoms with Crippen LogP contribution in [0.1, 0.15) is 34.6 Å². The number of hydrogen-bond acceptors (Lipinski definition) is 5. The molecule has 0 bridgehead atoms. The standard InChI is InChI=1S/C48H39N5/c1-51-43-20-12-13-21-44(43)53(42-18-10-5-11-19-42)48(51)41-32-26-37(27-33-41)36-24-30-40(31-25-36)47-50-45(38-16-8-4-9-17-38)49-46(52(47)2)39-28-22-35(23-29-39)34-14-6-3-7-15-34/h3-33,46,48H,1-2H3. The lowest BCUT2D eigenvalue weighted by molar-refractivity contribution is 0.383. The van der Waals surface area contributed by atoms with Crippen LogP contribution in [0.4, 0.5) is 17.1 Å². The maximum atomic E-state index is 5.18. The third-order valence-corrected chi connectivity index (χ3v) is 10.4. The first kappa shape index (κ1) is 32.2. The molecule has 2 aliphatic rings. The second kappa shape index (κ2) is 13.8. The van der Waals surface area contributed by atoms with Crippen molar-refractivity contribution < 1.29 is 0 Å². The van der Waals surface area contributed by atoms with E-state index in [0.717, 1.165) is 33.9 Å². The van der Waals surface area contributed by atoms with Crippen molar-refractivity contribution in [2.24, 2.45) is 9.98 Å². The molecule has 0 fully saturated rings. The van der Waals surface area contributed by atoms with Gasteiger partial charge in [-0.3, -0.25) is 0 Å². The number of rotatable bonds is 7. The van der Waals surface area contributed by atoms with E-state index in [0.29, 0.717) is 0 Å². The van der Waals surface area contributed by atoms with Crippen LogP contribution in [0, 0.1) is 0 Å². The summed E-state index contributed by atoms with van der Waals surface area (Å²) in [5.74, 6) is 1.63. The fraction of sp³-hybridized carbons (Fsp3) is 0.0833. The lowest BCUT2D eigenvalue weighted by Crippen LogP contribution is -2.35. The normalized spacial score (nSPS) is 16.6. The topological polar surface area (TPSA) is 34.4 Å². The molecule has 2 unspecified atom stereocenters. The molecule has 0 radical (unpaired) electrons. The third kappa shape index (κ3) is 6.06. The van der Waals surface area contributed by atoms with E-state index in [1.165, 1.54) is 39.3 Å². The van der Waals surface area contributed by atoms with Crippen LogP contribution in [0.2, 0.25) is 0 Å². The molecule has 7 aromatic rings. The van der Waals surface area contributed by atoms with Gasteiger partial charge in [-0.1, -0.05) is 164 Å². The van der Waals surface area contributed by atoms with Crippen LogP contribution < -0.4 is 9.80 Å². The monoisotopic (exact) mass is 685 g/mol. The van der Waals surface area contributed by atoms with Crippen molar-refractivity contribution in [3.05, 3.63) is 210 Å². The molecule has 2 atom stereocenters. The Bertz CT molecular complexity index is 2400. The van der Waals surface area contributed by atoms with Gasteiger partial charge in [0.05, 0.1) is 11.4 Å². The van der Waals surface area contributed by atoms with Gasteiger partial charge in [0.25, 0.3) is 0 Å². The molecule has 0 N–H and O–H groups in total. The van der Waals surface area contributed by atoms with Crippen LogP contribution >= 0.6 is 0 Å². The van der Waals surface area contributed by atoms with E-state index in [9.17, 15) is 0 Å². The maximum Gasteiger partial charge on any atom is 0.159 e. The summed E-state index contributed by atoms with van der Waals surface area (Å²) in [5, 5.41) is 0. The van der Waals surface area contributed by atoms with Crippen molar-refractivity contribution in [2.45, 2.75) is 12.3 Å². The van der Waals surface area contributed by atoms with Gasteiger partial charge in [-0.25, -0.2) is 9.98 Å². The highest BCUT2D eigenvalue weighted by Gasteiger charge is 2.35.